The topological polar surface area (TPSA) is 80.3 Å². The second kappa shape index (κ2) is 7.08. The van der Waals surface area contributed by atoms with Gasteiger partial charge in [0.15, 0.2) is 4.87 Å². The predicted molar refractivity (Wildman–Crippen MR) is 117 cm³/mol. The molecule has 1 saturated heterocycles. The lowest BCUT2D eigenvalue weighted by Crippen LogP contribution is -2.67. The third-order valence-electron chi connectivity index (χ3n) is 8.30. The summed E-state index contributed by atoms with van der Waals surface area (Å²) in [5.74, 6) is -3.54. The fourth-order valence-electron chi connectivity index (χ4n) is 7.28. The fraction of sp³-hybridized carbons (Fsp3) is 1.00. The van der Waals surface area contributed by atoms with Gasteiger partial charge in [-0.3, -0.25) is 4.18 Å². The Balaban J connectivity index is 2.06. The first kappa shape index (κ1) is 24.7. The molecule has 1 aliphatic heterocycles. The van der Waals surface area contributed by atoms with Gasteiger partial charge in [0.1, 0.15) is 10.3 Å². The van der Waals surface area contributed by atoms with E-state index in [2.05, 4.69) is 13.8 Å². The van der Waals surface area contributed by atoms with Gasteiger partial charge < -0.3 is 18.9 Å². The highest BCUT2D eigenvalue weighted by molar-refractivity contribution is 7.86. The maximum Gasteiger partial charge on any atom is 0.264 e. The SMILES string of the molecule is CCO[C@]12O[C@H]3[C@@H]4[C@](C)([C@@H](OS(C)(=O)=O)C[C@H]3C(C)C)[C@](Cl)([C@H]1Cl)C(OC)(OC)[C@@]42Cl. The van der Waals surface area contributed by atoms with Crippen LogP contribution in [-0.4, -0.2) is 74.4 Å². The van der Waals surface area contributed by atoms with Gasteiger partial charge in [0.2, 0.25) is 11.6 Å². The summed E-state index contributed by atoms with van der Waals surface area (Å²) in [4.78, 5) is -2.96. The molecule has 0 aromatic heterocycles. The van der Waals surface area contributed by atoms with Gasteiger partial charge in [0.25, 0.3) is 10.1 Å². The molecule has 7 nitrogen and oxygen atoms in total. The molecule has 3 saturated carbocycles. The minimum Gasteiger partial charge on any atom is -0.350 e. The van der Waals surface area contributed by atoms with Crippen LogP contribution in [0.2, 0.25) is 0 Å². The molecule has 4 aliphatic rings. The second-order valence-corrected chi connectivity index (χ2v) is 12.9. The van der Waals surface area contributed by atoms with E-state index in [-0.39, 0.29) is 18.4 Å². The normalized spacial score (nSPS) is 52.3. The van der Waals surface area contributed by atoms with E-state index in [4.69, 9.17) is 57.9 Å². The van der Waals surface area contributed by atoms with E-state index < -0.39 is 60.4 Å². The van der Waals surface area contributed by atoms with Crippen LogP contribution in [0.3, 0.4) is 0 Å². The molecular formula is C20H31Cl3O7S. The lowest BCUT2D eigenvalue weighted by atomic mass is 9.54. The van der Waals surface area contributed by atoms with Gasteiger partial charge in [-0.25, -0.2) is 0 Å². The molecule has 180 valence electrons. The molecule has 0 amide bonds. The van der Waals surface area contributed by atoms with E-state index in [1.54, 1.807) is 0 Å². The summed E-state index contributed by atoms with van der Waals surface area (Å²) in [5.41, 5.74) is -1.06. The first-order valence-corrected chi connectivity index (χ1v) is 13.5. The average molecular weight is 522 g/mol. The average Bonchev–Trinajstić information content (AvgIpc) is 3.04. The van der Waals surface area contributed by atoms with Gasteiger partial charge in [-0.1, -0.05) is 20.8 Å². The van der Waals surface area contributed by atoms with Crippen molar-refractivity contribution in [3.63, 3.8) is 0 Å². The Kier molecular flexibility index (Phi) is 5.65. The van der Waals surface area contributed by atoms with Crippen LogP contribution >= 0.6 is 34.8 Å². The summed E-state index contributed by atoms with van der Waals surface area (Å²) in [6.45, 7) is 8.08. The Morgan fingerprint density at radius 3 is 2.19 bits per heavy atom. The van der Waals surface area contributed by atoms with E-state index in [0.29, 0.717) is 6.42 Å². The van der Waals surface area contributed by atoms with Crippen molar-refractivity contribution in [2.75, 3.05) is 27.1 Å². The number of halogens is 3. The molecule has 4 fully saturated rings. The van der Waals surface area contributed by atoms with Crippen LogP contribution in [0.4, 0.5) is 0 Å². The Hall–Kier alpha value is 0.620. The van der Waals surface area contributed by atoms with Gasteiger partial charge in [-0.05, 0) is 25.2 Å². The van der Waals surface area contributed by atoms with Crippen molar-refractivity contribution in [2.45, 2.75) is 73.0 Å². The van der Waals surface area contributed by atoms with E-state index in [9.17, 15) is 8.42 Å². The molecule has 3 aliphatic carbocycles. The quantitative estimate of drug-likeness (QED) is 0.289. The third-order valence-corrected chi connectivity index (χ3v) is 11.2. The smallest absolute Gasteiger partial charge is 0.264 e. The van der Waals surface area contributed by atoms with Crippen LogP contribution in [0.15, 0.2) is 0 Å². The standard InChI is InChI=1S/C20H31Cl3O7S/c1-8-28-19-15(21)18(23)16(4)12(30-31(7,24)25)9-11(10(2)3)13(29-19)14(16)17(19,22)20(18,26-5)27-6/h10-15H,8-9H2,1-7H3/t11-,12-,13+,14+,15+,16-,17+,18+,19-/m0/s1. The highest BCUT2D eigenvalue weighted by atomic mass is 35.5. The molecule has 1 heterocycles. The predicted octanol–water partition coefficient (Wildman–Crippen LogP) is 3.34. The van der Waals surface area contributed by atoms with E-state index in [1.807, 2.05) is 13.8 Å². The summed E-state index contributed by atoms with van der Waals surface area (Å²) in [7, 11) is -0.899. The lowest BCUT2D eigenvalue weighted by molar-refractivity contribution is -0.273. The van der Waals surface area contributed by atoms with Crippen LogP contribution in [0.25, 0.3) is 0 Å². The summed E-state index contributed by atoms with van der Waals surface area (Å²) in [6.07, 6.45) is 0.230. The highest BCUT2D eigenvalue weighted by Crippen LogP contribution is 2.85. The maximum absolute atomic E-state index is 12.3. The van der Waals surface area contributed by atoms with Crippen molar-refractivity contribution >= 4 is 44.9 Å². The molecule has 4 rings (SSSR count). The molecule has 9 atom stereocenters. The minimum atomic E-state index is -3.81. The zero-order chi connectivity index (χ0) is 23.4. The number of fused-ring (bicyclic) bond motifs is 2. The van der Waals surface area contributed by atoms with Gasteiger partial charge >= 0.3 is 0 Å². The van der Waals surface area contributed by atoms with Crippen LogP contribution in [-0.2, 0) is 33.2 Å². The van der Waals surface area contributed by atoms with Gasteiger partial charge in [-0.2, -0.15) is 8.42 Å². The molecular weight excluding hydrogens is 491 g/mol. The van der Waals surface area contributed by atoms with E-state index in [0.717, 1.165) is 6.26 Å². The summed E-state index contributed by atoms with van der Waals surface area (Å²) >= 11 is 22.1. The van der Waals surface area contributed by atoms with Crippen LogP contribution in [0.1, 0.15) is 34.1 Å². The van der Waals surface area contributed by atoms with Gasteiger partial charge in [0, 0.05) is 32.2 Å². The Labute approximate surface area is 199 Å². The molecule has 0 unspecified atom stereocenters. The molecule has 11 heteroatoms. The molecule has 0 radical (unpaired) electrons. The Morgan fingerprint density at radius 2 is 1.74 bits per heavy atom. The van der Waals surface area contributed by atoms with Crippen molar-refractivity contribution in [3.05, 3.63) is 0 Å². The van der Waals surface area contributed by atoms with Crippen molar-refractivity contribution in [1.82, 2.24) is 0 Å². The third kappa shape index (κ3) is 2.38. The lowest BCUT2D eigenvalue weighted by Gasteiger charge is -2.55. The zero-order valence-electron chi connectivity index (χ0n) is 18.8. The molecule has 0 aromatic rings. The number of hydrogen-bond donors (Lipinski definition) is 0. The largest absolute Gasteiger partial charge is 0.350 e. The molecule has 2 bridgehead atoms. The number of ether oxygens (including phenoxy) is 4. The Morgan fingerprint density at radius 1 is 1.16 bits per heavy atom. The highest BCUT2D eigenvalue weighted by Gasteiger charge is 3.02. The van der Waals surface area contributed by atoms with Crippen LogP contribution in [0.5, 0.6) is 0 Å². The Bertz CT molecular complexity index is 867. The number of alkyl halides is 3. The molecule has 0 spiro atoms. The van der Waals surface area contributed by atoms with Gasteiger partial charge in [-0.15, -0.1) is 34.8 Å². The molecule has 0 N–H and O–H groups in total. The van der Waals surface area contributed by atoms with Crippen molar-refractivity contribution in [1.29, 1.82) is 0 Å². The van der Waals surface area contributed by atoms with Crippen molar-refractivity contribution in [3.8, 4) is 0 Å². The van der Waals surface area contributed by atoms with Crippen molar-refractivity contribution in [2.24, 2.45) is 23.2 Å². The number of rotatable bonds is 7. The zero-order valence-corrected chi connectivity index (χ0v) is 21.9. The first-order valence-electron chi connectivity index (χ1n) is 10.5. The number of methoxy groups -OCH3 is 2. The monoisotopic (exact) mass is 520 g/mol. The first-order chi connectivity index (χ1) is 14.2. The van der Waals surface area contributed by atoms with Crippen LogP contribution < -0.4 is 0 Å². The number of hydrogen-bond acceptors (Lipinski definition) is 7. The molecule has 0 aromatic carbocycles. The van der Waals surface area contributed by atoms with Crippen molar-refractivity contribution < 1.29 is 31.5 Å². The van der Waals surface area contributed by atoms with Crippen LogP contribution in [0, 0.1) is 23.2 Å². The minimum absolute atomic E-state index is 0.0716. The summed E-state index contributed by atoms with van der Waals surface area (Å²) in [6, 6.07) is 0. The maximum atomic E-state index is 12.3. The van der Waals surface area contributed by atoms with E-state index in [1.165, 1.54) is 14.2 Å². The summed E-state index contributed by atoms with van der Waals surface area (Å²) < 4.78 is 55.1. The summed E-state index contributed by atoms with van der Waals surface area (Å²) in [5, 5.41) is -1.01. The van der Waals surface area contributed by atoms with Gasteiger partial charge in [0.05, 0.1) is 18.5 Å². The van der Waals surface area contributed by atoms with E-state index >= 15 is 0 Å². The second-order valence-electron chi connectivity index (χ2n) is 9.69. The fourth-order valence-corrected chi connectivity index (χ4v) is 10.3. The molecule has 31 heavy (non-hydrogen) atoms.